The molecule has 0 saturated heterocycles. The Morgan fingerprint density at radius 1 is 1.37 bits per heavy atom. The van der Waals surface area contributed by atoms with Crippen LogP contribution in [0.25, 0.3) is 0 Å². The van der Waals surface area contributed by atoms with Crippen molar-refractivity contribution in [1.82, 2.24) is 19.7 Å². The predicted molar refractivity (Wildman–Crippen MR) is 72.0 cm³/mol. The number of hydrogen-bond acceptors (Lipinski definition) is 5. The molecule has 0 bridgehead atoms. The molecule has 0 saturated carbocycles. The summed E-state index contributed by atoms with van der Waals surface area (Å²) in [5, 5.41) is 4.15. The molecule has 0 radical (unpaired) electrons. The highest BCUT2D eigenvalue weighted by atomic mass is 16.5. The average Bonchev–Trinajstić information content (AvgIpc) is 2.86. The van der Waals surface area contributed by atoms with Gasteiger partial charge in [-0.2, -0.15) is 5.10 Å². The summed E-state index contributed by atoms with van der Waals surface area (Å²) in [5.74, 6) is 2.29. The lowest BCUT2D eigenvalue weighted by atomic mass is 10.2. The van der Waals surface area contributed by atoms with E-state index in [4.69, 9.17) is 10.5 Å². The highest BCUT2D eigenvalue weighted by Gasteiger charge is 2.11. The number of rotatable bonds is 5. The van der Waals surface area contributed by atoms with Gasteiger partial charge in [0.05, 0.1) is 18.6 Å². The molecule has 0 aromatic carbocycles. The third kappa shape index (κ3) is 3.08. The van der Waals surface area contributed by atoms with Gasteiger partial charge in [-0.1, -0.05) is 13.8 Å². The molecule has 0 aliphatic carbocycles. The van der Waals surface area contributed by atoms with E-state index in [1.165, 1.54) is 0 Å². The van der Waals surface area contributed by atoms with Crippen LogP contribution in [0.5, 0.6) is 11.5 Å². The molecule has 2 aromatic rings. The van der Waals surface area contributed by atoms with Crippen LogP contribution in [0.15, 0.2) is 18.6 Å². The van der Waals surface area contributed by atoms with Crippen LogP contribution in [0.4, 0.5) is 0 Å². The maximum Gasteiger partial charge on any atom is 0.168 e. The summed E-state index contributed by atoms with van der Waals surface area (Å²) in [6.45, 7) is 7.22. The quantitative estimate of drug-likeness (QED) is 0.891. The molecule has 0 atom stereocenters. The van der Waals surface area contributed by atoms with E-state index in [1.54, 1.807) is 17.1 Å². The zero-order valence-corrected chi connectivity index (χ0v) is 11.5. The van der Waals surface area contributed by atoms with E-state index < -0.39 is 0 Å². The van der Waals surface area contributed by atoms with E-state index in [-0.39, 0.29) is 5.92 Å². The Hall–Kier alpha value is -1.95. The lowest BCUT2D eigenvalue weighted by Gasteiger charge is -2.10. The monoisotopic (exact) mass is 261 g/mol. The SMILES string of the molecule is CCn1cc(Oc2cnc(C(C)C)nc2CN)cn1. The first-order valence-corrected chi connectivity index (χ1v) is 6.40. The van der Waals surface area contributed by atoms with Crippen molar-refractivity contribution in [1.29, 1.82) is 0 Å². The molecular weight excluding hydrogens is 242 g/mol. The van der Waals surface area contributed by atoms with E-state index in [2.05, 4.69) is 15.1 Å². The highest BCUT2D eigenvalue weighted by Crippen LogP contribution is 2.24. The second kappa shape index (κ2) is 5.79. The second-order valence-electron chi connectivity index (χ2n) is 4.53. The van der Waals surface area contributed by atoms with Crippen LogP contribution in [-0.4, -0.2) is 19.7 Å². The van der Waals surface area contributed by atoms with Gasteiger partial charge in [0, 0.05) is 19.0 Å². The molecule has 0 aliphatic heterocycles. The van der Waals surface area contributed by atoms with Gasteiger partial charge >= 0.3 is 0 Å². The number of ether oxygens (including phenoxy) is 1. The van der Waals surface area contributed by atoms with Crippen LogP contribution in [0.2, 0.25) is 0 Å². The van der Waals surface area contributed by atoms with Crippen molar-refractivity contribution in [2.24, 2.45) is 5.73 Å². The molecule has 6 heteroatoms. The summed E-state index contributed by atoms with van der Waals surface area (Å²) >= 11 is 0. The molecule has 0 fully saturated rings. The molecular formula is C13H19N5O. The fourth-order valence-electron chi connectivity index (χ4n) is 1.63. The van der Waals surface area contributed by atoms with Crippen molar-refractivity contribution < 1.29 is 4.74 Å². The second-order valence-corrected chi connectivity index (χ2v) is 4.53. The fraction of sp³-hybridized carbons (Fsp3) is 0.462. The summed E-state index contributed by atoms with van der Waals surface area (Å²) in [5.41, 5.74) is 6.42. The third-order valence-corrected chi connectivity index (χ3v) is 2.72. The van der Waals surface area contributed by atoms with Crippen molar-refractivity contribution in [3.05, 3.63) is 30.1 Å². The number of nitrogens with zero attached hydrogens (tertiary/aromatic N) is 4. The van der Waals surface area contributed by atoms with E-state index in [0.29, 0.717) is 23.7 Å². The summed E-state index contributed by atoms with van der Waals surface area (Å²) < 4.78 is 7.52. The molecule has 2 rings (SSSR count). The Morgan fingerprint density at radius 3 is 2.74 bits per heavy atom. The normalized spacial score (nSPS) is 11.0. The number of aromatic nitrogens is 4. The lowest BCUT2D eigenvalue weighted by Crippen LogP contribution is -2.07. The number of nitrogens with two attached hydrogens (primary N) is 1. The van der Waals surface area contributed by atoms with Gasteiger partial charge in [-0.25, -0.2) is 9.97 Å². The van der Waals surface area contributed by atoms with Gasteiger partial charge in [-0.15, -0.1) is 0 Å². The minimum Gasteiger partial charge on any atom is -0.450 e. The summed E-state index contributed by atoms with van der Waals surface area (Å²) in [4.78, 5) is 8.72. The molecule has 2 N–H and O–H groups in total. The molecule has 0 aliphatic rings. The van der Waals surface area contributed by atoms with Crippen molar-refractivity contribution in [2.45, 2.75) is 39.8 Å². The van der Waals surface area contributed by atoms with Gasteiger partial charge < -0.3 is 10.5 Å². The minimum atomic E-state index is 0.266. The van der Waals surface area contributed by atoms with Crippen LogP contribution in [0.1, 0.15) is 38.2 Å². The predicted octanol–water partition coefficient (Wildman–Crippen LogP) is 2.07. The smallest absolute Gasteiger partial charge is 0.168 e. The first kappa shape index (κ1) is 13.5. The Balaban J connectivity index is 2.24. The van der Waals surface area contributed by atoms with Gasteiger partial charge in [-0.05, 0) is 6.92 Å². The topological polar surface area (TPSA) is 78.8 Å². The van der Waals surface area contributed by atoms with E-state index in [1.807, 2.05) is 27.0 Å². The van der Waals surface area contributed by atoms with Crippen LogP contribution in [-0.2, 0) is 13.1 Å². The Bertz CT molecular complexity index is 550. The third-order valence-electron chi connectivity index (χ3n) is 2.72. The lowest BCUT2D eigenvalue weighted by molar-refractivity contribution is 0.466. The number of aryl methyl sites for hydroxylation is 1. The summed E-state index contributed by atoms with van der Waals surface area (Å²) in [7, 11) is 0. The Kier molecular flexibility index (Phi) is 4.11. The maximum atomic E-state index is 5.73. The molecule has 2 heterocycles. The molecule has 102 valence electrons. The van der Waals surface area contributed by atoms with Crippen LogP contribution in [0, 0.1) is 0 Å². The summed E-state index contributed by atoms with van der Waals surface area (Å²) in [6.07, 6.45) is 5.17. The average molecular weight is 261 g/mol. The van der Waals surface area contributed by atoms with Crippen LogP contribution >= 0.6 is 0 Å². The van der Waals surface area contributed by atoms with Gasteiger partial charge in [0.25, 0.3) is 0 Å². The van der Waals surface area contributed by atoms with E-state index in [0.717, 1.165) is 12.4 Å². The first-order valence-electron chi connectivity index (χ1n) is 6.40. The largest absolute Gasteiger partial charge is 0.450 e. The first-order chi connectivity index (χ1) is 9.13. The van der Waals surface area contributed by atoms with E-state index in [9.17, 15) is 0 Å². The molecule has 0 amide bonds. The molecule has 2 aromatic heterocycles. The van der Waals surface area contributed by atoms with Crippen molar-refractivity contribution >= 4 is 0 Å². The van der Waals surface area contributed by atoms with Gasteiger partial charge in [0.2, 0.25) is 0 Å². The van der Waals surface area contributed by atoms with Crippen molar-refractivity contribution in [3.8, 4) is 11.5 Å². The van der Waals surface area contributed by atoms with Crippen LogP contribution in [0.3, 0.4) is 0 Å². The minimum absolute atomic E-state index is 0.266. The Morgan fingerprint density at radius 2 is 2.16 bits per heavy atom. The standard InChI is InChI=1S/C13H19N5O/c1-4-18-8-10(6-16-18)19-12-7-15-13(9(2)3)17-11(12)5-14/h6-9H,4-5,14H2,1-3H3. The van der Waals surface area contributed by atoms with Crippen molar-refractivity contribution in [3.63, 3.8) is 0 Å². The van der Waals surface area contributed by atoms with Gasteiger partial charge in [0.1, 0.15) is 11.5 Å². The highest BCUT2D eigenvalue weighted by molar-refractivity contribution is 5.30. The van der Waals surface area contributed by atoms with Gasteiger partial charge in [-0.3, -0.25) is 4.68 Å². The maximum absolute atomic E-state index is 5.73. The van der Waals surface area contributed by atoms with Crippen LogP contribution < -0.4 is 10.5 Å². The zero-order valence-electron chi connectivity index (χ0n) is 11.5. The van der Waals surface area contributed by atoms with E-state index >= 15 is 0 Å². The van der Waals surface area contributed by atoms with Crippen molar-refractivity contribution in [2.75, 3.05) is 0 Å². The van der Waals surface area contributed by atoms with Gasteiger partial charge in [0.15, 0.2) is 11.5 Å². The fourth-order valence-corrected chi connectivity index (χ4v) is 1.63. The molecule has 0 unspecified atom stereocenters. The Labute approximate surface area is 112 Å². The number of hydrogen-bond donors (Lipinski definition) is 1. The zero-order chi connectivity index (χ0) is 13.8. The molecule has 19 heavy (non-hydrogen) atoms. The molecule has 6 nitrogen and oxygen atoms in total. The summed E-state index contributed by atoms with van der Waals surface area (Å²) in [6, 6.07) is 0. The molecule has 0 spiro atoms.